The van der Waals surface area contributed by atoms with Crippen molar-refractivity contribution in [3.8, 4) is 0 Å². The molecule has 14 heteroatoms. The average Bonchev–Trinajstić information content (AvgIpc) is 2.92. The number of hydrogen-bond acceptors (Lipinski definition) is 9. The minimum atomic E-state index is -2.75. The Bertz CT molecular complexity index is 708. The molecule has 1 saturated carbocycles. The van der Waals surface area contributed by atoms with Crippen molar-refractivity contribution >= 4 is 29.7 Å². The van der Waals surface area contributed by atoms with Gasteiger partial charge in [0, 0.05) is 88.0 Å². The fourth-order valence-corrected chi connectivity index (χ4v) is 9.61. The van der Waals surface area contributed by atoms with Gasteiger partial charge >= 0.3 is 23.7 Å². The van der Waals surface area contributed by atoms with Crippen molar-refractivity contribution in [1.82, 2.24) is 15.1 Å². The van der Waals surface area contributed by atoms with Crippen LogP contribution in [0.2, 0.25) is 12.1 Å². The van der Waals surface area contributed by atoms with Crippen LogP contribution < -0.4 is 5.32 Å². The molecule has 1 aliphatic carbocycles. The predicted molar refractivity (Wildman–Crippen MR) is 160 cm³/mol. The second-order valence-corrected chi connectivity index (χ2v) is 16.1. The van der Waals surface area contributed by atoms with Crippen LogP contribution >= 0.6 is 0 Å². The summed E-state index contributed by atoms with van der Waals surface area (Å²) in [6.07, 6.45) is 3.26. The molecule has 0 aromatic carbocycles. The number of ether oxygens (including phenoxy) is 1. The van der Waals surface area contributed by atoms with Gasteiger partial charge in [0.25, 0.3) is 0 Å². The Hall–Kier alpha value is -1.27. The normalized spacial score (nSPS) is 19.7. The van der Waals surface area contributed by atoms with Crippen LogP contribution in [0, 0.1) is 5.92 Å². The molecule has 0 saturated heterocycles. The Balaban J connectivity index is 2.89. The highest BCUT2D eigenvalue weighted by molar-refractivity contribution is 6.61. The molecule has 0 spiro atoms. The number of aliphatic imine (C=N–C) groups is 1. The Morgan fingerprint density at radius 2 is 1.40 bits per heavy atom. The van der Waals surface area contributed by atoms with Gasteiger partial charge < -0.3 is 46.4 Å². The second kappa shape index (κ2) is 19.0. The van der Waals surface area contributed by atoms with Crippen LogP contribution in [0.3, 0.4) is 0 Å². The van der Waals surface area contributed by atoms with E-state index < -0.39 is 23.7 Å². The van der Waals surface area contributed by atoms with Crippen LogP contribution in [0.5, 0.6) is 0 Å². The molecule has 1 fully saturated rings. The number of nitrogens with one attached hydrogen (secondary N) is 1. The molecule has 236 valence electrons. The van der Waals surface area contributed by atoms with Gasteiger partial charge in [-0.15, -0.1) is 0 Å². The van der Waals surface area contributed by atoms with Gasteiger partial charge in [0.1, 0.15) is 6.10 Å². The van der Waals surface area contributed by atoms with E-state index in [4.69, 9.17) is 36.3 Å². The summed E-state index contributed by atoms with van der Waals surface area (Å²) < 4.78 is 40.6. The molecule has 1 amide bonds. The number of alkyl carbamates (subject to hydrolysis) is 1. The van der Waals surface area contributed by atoms with E-state index in [9.17, 15) is 4.79 Å². The maximum absolute atomic E-state index is 12.9. The third kappa shape index (κ3) is 11.9. The largest absolute Gasteiger partial charge is 0.500 e. The highest BCUT2D eigenvalue weighted by Gasteiger charge is 2.41. The van der Waals surface area contributed by atoms with E-state index in [1.165, 1.54) is 0 Å². The van der Waals surface area contributed by atoms with Crippen molar-refractivity contribution in [3.63, 3.8) is 0 Å². The SMILES string of the molecule is CCO[Si](CCCNC(=O)OC1CC(CC[Si](OC)(OC)OC)CCC1N=C(N(C)C)N(C)C)(OCC)OCC. The maximum atomic E-state index is 12.9. The van der Waals surface area contributed by atoms with Crippen molar-refractivity contribution < 1.29 is 36.1 Å². The van der Waals surface area contributed by atoms with Crippen molar-refractivity contribution in [3.05, 3.63) is 0 Å². The van der Waals surface area contributed by atoms with Gasteiger partial charge in [0.05, 0.1) is 6.04 Å². The Morgan fingerprint density at radius 3 is 1.88 bits per heavy atom. The second-order valence-electron chi connectivity index (χ2n) is 10.3. The molecule has 1 aliphatic rings. The number of rotatable bonds is 18. The van der Waals surface area contributed by atoms with Crippen molar-refractivity contribution in [2.45, 2.75) is 77.1 Å². The van der Waals surface area contributed by atoms with Crippen molar-refractivity contribution in [2.24, 2.45) is 10.9 Å². The summed E-state index contributed by atoms with van der Waals surface area (Å²) in [5.74, 6) is 1.18. The summed E-state index contributed by atoms with van der Waals surface area (Å²) in [5, 5.41) is 2.92. The molecule has 1 rings (SSSR count). The van der Waals surface area contributed by atoms with E-state index in [-0.39, 0.29) is 12.1 Å². The lowest BCUT2D eigenvalue weighted by atomic mass is 9.82. The number of nitrogens with zero attached hydrogens (tertiary/aromatic N) is 3. The van der Waals surface area contributed by atoms with E-state index in [2.05, 4.69) is 5.32 Å². The van der Waals surface area contributed by atoms with Gasteiger partial charge in [0.15, 0.2) is 5.96 Å². The predicted octanol–water partition coefficient (Wildman–Crippen LogP) is 3.44. The number of amides is 1. The molecule has 0 bridgehead atoms. The number of carbonyl (C=O) groups is 1. The lowest BCUT2D eigenvalue weighted by molar-refractivity contribution is 0.0436. The first-order valence-electron chi connectivity index (χ1n) is 14.5. The summed E-state index contributed by atoms with van der Waals surface area (Å²) >= 11 is 0. The topological polar surface area (TPSA) is 113 Å². The van der Waals surface area contributed by atoms with Crippen LogP contribution in [0.25, 0.3) is 0 Å². The highest BCUT2D eigenvalue weighted by Crippen LogP contribution is 2.34. The standard InChI is InChI=1S/C26H56N4O8Si2/c1-11-35-40(36-12-2,37-13-3)19-14-18-27-26(31)38-24-21-22(17-20-39(32-8,33-9)34-10)15-16-23(24)28-25(29(4)5)30(6)7/h22-24H,11-21H2,1-10H3,(H,27,31). The van der Waals surface area contributed by atoms with Crippen LogP contribution in [0.4, 0.5) is 4.79 Å². The van der Waals surface area contributed by atoms with E-state index in [0.717, 1.165) is 25.2 Å². The van der Waals surface area contributed by atoms with E-state index in [1.54, 1.807) is 21.3 Å². The number of hydrogen-bond donors (Lipinski definition) is 1. The van der Waals surface area contributed by atoms with Crippen molar-refractivity contribution in [2.75, 3.05) is 75.9 Å². The first kappa shape index (κ1) is 36.8. The number of carbonyl (C=O) groups excluding carboxylic acids is 1. The smallest absolute Gasteiger partial charge is 0.444 e. The maximum Gasteiger partial charge on any atom is 0.500 e. The minimum absolute atomic E-state index is 0.134. The molecular formula is C26H56N4O8Si2. The molecule has 3 atom stereocenters. The molecule has 3 unspecified atom stereocenters. The molecule has 0 aliphatic heterocycles. The number of guanidine groups is 1. The Morgan fingerprint density at radius 1 is 0.850 bits per heavy atom. The summed E-state index contributed by atoms with van der Waals surface area (Å²) in [5.41, 5.74) is 0. The zero-order valence-corrected chi connectivity index (χ0v) is 28.6. The molecule has 40 heavy (non-hydrogen) atoms. The third-order valence-corrected chi connectivity index (χ3v) is 12.9. The first-order chi connectivity index (χ1) is 19.0. The van der Waals surface area contributed by atoms with Gasteiger partial charge in [-0.2, -0.15) is 0 Å². The summed E-state index contributed by atoms with van der Waals surface area (Å²) in [6, 6.07) is 1.20. The summed E-state index contributed by atoms with van der Waals surface area (Å²) in [7, 11) is 7.34. The molecule has 0 aromatic rings. The molecule has 0 heterocycles. The molecular weight excluding hydrogens is 552 g/mol. The zero-order valence-electron chi connectivity index (χ0n) is 26.6. The molecule has 12 nitrogen and oxygen atoms in total. The first-order valence-corrected chi connectivity index (χ1v) is 18.3. The highest BCUT2D eigenvalue weighted by atomic mass is 28.4. The third-order valence-electron chi connectivity index (χ3n) is 7.02. The zero-order chi connectivity index (χ0) is 30.2. The van der Waals surface area contributed by atoms with Gasteiger partial charge in [0.2, 0.25) is 0 Å². The van der Waals surface area contributed by atoms with Crippen LogP contribution in [0.1, 0.15) is 52.9 Å². The van der Waals surface area contributed by atoms with E-state index in [0.29, 0.717) is 57.2 Å². The van der Waals surface area contributed by atoms with Gasteiger partial charge in [-0.05, 0) is 58.8 Å². The summed E-state index contributed by atoms with van der Waals surface area (Å²) in [6.45, 7) is 7.82. The van der Waals surface area contributed by atoms with E-state index >= 15 is 0 Å². The molecule has 0 radical (unpaired) electrons. The van der Waals surface area contributed by atoms with Gasteiger partial charge in [-0.1, -0.05) is 0 Å². The Labute approximate surface area is 244 Å². The summed E-state index contributed by atoms with van der Waals surface area (Å²) in [4.78, 5) is 21.9. The van der Waals surface area contributed by atoms with E-state index in [1.807, 2.05) is 58.8 Å². The average molecular weight is 609 g/mol. The fraction of sp³-hybridized carbons (Fsp3) is 0.923. The Kier molecular flexibility index (Phi) is 17.5. The fourth-order valence-electron chi connectivity index (χ4n) is 5.12. The van der Waals surface area contributed by atoms with Gasteiger partial charge in [-0.3, -0.25) is 0 Å². The van der Waals surface area contributed by atoms with Crippen LogP contribution in [-0.4, -0.2) is 127 Å². The molecule has 1 N–H and O–H groups in total. The van der Waals surface area contributed by atoms with Crippen LogP contribution in [0.15, 0.2) is 4.99 Å². The monoisotopic (exact) mass is 608 g/mol. The quantitative estimate of drug-likeness (QED) is 0.107. The van der Waals surface area contributed by atoms with Crippen LogP contribution in [-0.2, 0) is 31.3 Å². The van der Waals surface area contributed by atoms with Gasteiger partial charge in [-0.25, -0.2) is 9.79 Å². The molecule has 0 aromatic heterocycles. The lowest BCUT2D eigenvalue weighted by Crippen LogP contribution is -2.46. The minimum Gasteiger partial charge on any atom is -0.444 e. The lowest BCUT2D eigenvalue weighted by Gasteiger charge is -2.36. The van der Waals surface area contributed by atoms with Crippen molar-refractivity contribution in [1.29, 1.82) is 0 Å².